The molecule has 23 heavy (non-hydrogen) atoms. The third kappa shape index (κ3) is 8.16. The Bertz CT molecular complexity index is 379. The summed E-state index contributed by atoms with van der Waals surface area (Å²) >= 11 is 0. The Hall–Kier alpha value is -0.610. The number of ether oxygens (including phenoxy) is 1. The maximum atomic E-state index is 11.7. The van der Waals surface area contributed by atoms with E-state index in [2.05, 4.69) is 46.6 Å². The van der Waals surface area contributed by atoms with Crippen LogP contribution in [0.1, 0.15) is 20.8 Å². The zero-order chi connectivity index (χ0) is 16.5. The number of guanidine groups is 1. The monoisotopic (exact) mass is 441 g/mol. The Balaban J connectivity index is 0.00000484. The normalized spacial score (nSPS) is 21.9. The fourth-order valence-corrected chi connectivity index (χ4v) is 2.50. The second kappa shape index (κ2) is 11.9. The van der Waals surface area contributed by atoms with Crippen LogP contribution in [0.15, 0.2) is 4.99 Å². The van der Waals surface area contributed by atoms with Gasteiger partial charge in [-0.25, -0.2) is 0 Å². The molecule has 1 rings (SSSR count). The molecular weight excluding hydrogens is 409 g/mol. The lowest BCUT2D eigenvalue weighted by atomic mass is 10.1. The van der Waals surface area contributed by atoms with Gasteiger partial charge < -0.3 is 20.7 Å². The van der Waals surface area contributed by atoms with Crippen molar-refractivity contribution in [3.8, 4) is 0 Å². The van der Waals surface area contributed by atoms with Crippen LogP contribution in [0.3, 0.4) is 0 Å². The summed E-state index contributed by atoms with van der Waals surface area (Å²) in [4.78, 5) is 18.3. The lowest BCUT2D eigenvalue weighted by molar-refractivity contribution is -0.120. The van der Waals surface area contributed by atoms with Crippen molar-refractivity contribution in [2.24, 2.45) is 10.9 Å². The van der Waals surface area contributed by atoms with Crippen molar-refractivity contribution in [1.82, 2.24) is 20.9 Å². The topological polar surface area (TPSA) is 78.0 Å². The second-order valence-corrected chi connectivity index (χ2v) is 6.04. The molecule has 1 saturated heterocycles. The summed E-state index contributed by atoms with van der Waals surface area (Å²) in [6, 6.07) is 0.904. The van der Waals surface area contributed by atoms with Crippen LogP contribution < -0.4 is 16.0 Å². The van der Waals surface area contributed by atoms with Crippen LogP contribution in [0.4, 0.5) is 0 Å². The van der Waals surface area contributed by atoms with Crippen molar-refractivity contribution >= 4 is 35.8 Å². The molecule has 0 aromatic carbocycles. The van der Waals surface area contributed by atoms with Gasteiger partial charge in [-0.2, -0.15) is 0 Å². The molecule has 0 saturated carbocycles. The lowest BCUT2D eigenvalue weighted by Crippen LogP contribution is -2.49. The van der Waals surface area contributed by atoms with Crippen LogP contribution in [0.25, 0.3) is 0 Å². The van der Waals surface area contributed by atoms with Crippen molar-refractivity contribution in [2.45, 2.75) is 32.9 Å². The maximum Gasteiger partial charge on any atom is 0.239 e. The average molecular weight is 441 g/mol. The van der Waals surface area contributed by atoms with E-state index in [4.69, 9.17) is 4.74 Å². The first-order chi connectivity index (χ1) is 10.5. The minimum atomic E-state index is -0.0664. The molecule has 7 nitrogen and oxygen atoms in total. The number of aliphatic imine (C=N–C) groups is 1. The Labute approximate surface area is 157 Å². The van der Waals surface area contributed by atoms with Gasteiger partial charge in [-0.05, 0) is 19.8 Å². The second-order valence-electron chi connectivity index (χ2n) is 6.04. The predicted octanol–water partition coefficient (Wildman–Crippen LogP) is 0.261. The lowest BCUT2D eigenvalue weighted by Gasteiger charge is -2.21. The number of nitrogens with zero attached hydrogens (tertiary/aromatic N) is 2. The number of nitrogens with one attached hydrogen (secondary N) is 3. The standard InChI is InChI=1S/C15H31N5O2.HI/c1-11(2)20-9-12(3)13(10-20)19-15(16-4)18-8-14(21)17-6-7-22-5;/h11-13H,6-10H2,1-5H3,(H,17,21)(H2,16,18,19);1H. The molecule has 1 aliphatic heterocycles. The van der Waals surface area contributed by atoms with Gasteiger partial charge in [-0.1, -0.05) is 6.92 Å². The van der Waals surface area contributed by atoms with Crippen molar-refractivity contribution in [3.63, 3.8) is 0 Å². The summed E-state index contributed by atoms with van der Waals surface area (Å²) in [5.41, 5.74) is 0. The molecule has 0 aromatic heterocycles. The predicted molar refractivity (Wildman–Crippen MR) is 104 cm³/mol. The third-order valence-electron chi connectivity index (χ3n) is 3.96. The number of carbonyl (C=O) groups is 1. The highest BCUT2D eigenvalue weighted by Gasteiger charge is 2.31. The van der Waals surface area contributed by atoms with Gasteiger partial charge in [0, 0.05) is 45.9 Å². The molecule has 0 aromatic rings. The van der Waals surface area contributed by atoms with E-state index < -0.39 is 0 Å². The number of rotatable bonds is 7. The quantitative estimate of drug-likeness (QED) is 0.229. The van der Waals surface area contributed by atoms with Gasteiger partial charge >= 0.3 is 0 Å². The Morgan fingerprint density at radius 3 is 2.57 bits per heavy atom. The zero-order valence-corrected chi connectivity index (χ0v) is 17.2. The Kier molecular flexibility index (Phi) is 11.5. The molecule has 0 spiro atoms. The molecule has 0 bridgehead atoms. The highest BCUT2D eigenvalue weighted by molar-refractivity contribution is 14.0. The summed E-state index contributed by atoms with van der Waals surface area (Å²) in [5.74, 6) is 1.16. The number of methoxy groups -OCH3 is 1. The van der Waals surface area contributed by atoms with E-state index in [0.717, 1.165) is 13.1 Å². The van der Waals surface area contributed by atoms with Crippen LogP contribution >= 0.6 is 24.0 Å². The van der Waals surface area contributed by atoms with Crippen LogP contribution in [0.2, 0.25) is 0 Å². The van der Waals surface area contributed by atoms with E-state index in [1.165, 1.54) is 0 Å². The highest BCUT2D eigenvalue weighted by Crippen LogP contribution is 2.18. The number of likely N-dealkylation sites (tertiary alicyclic amines) is 1. The average Bonchev–Trinajstić information content (AvgIpc) is 2.85. The van der Waals surface area contributed by atoms with Crippen molar-refractivity contribution in [1.29, 1.82) is 0 Å². The molecule has 2 unspecified atom stereocenters. The number of hydrogen-bond donors (Lipinski definition) is 3. The first-order valence-corrected chi connectivity index (χ1v) is 7.94. The van der Waals surface area contributed by atoms with Gasteiger partial charge in [0.05, 0.1) is 13.2 Å². The minimum absolute atomic E-state index is 0. The van der Waals surface area contributed by atoms with Gasteiger partial charge in [0.15, 0.2) is 5.96 Å². The van der Waals surface area contributed by atoms with E-state index in [9.17, 15) is 4.79 Å². The van der Waals surface area contributed by atoms with Gasteiger partial charge in [-0.3, -0.25) is 14.7 Å². The van der Waals surface area contributed by atoms with E-state index >= 15 is 0 Å². The molecule has 1 aliphatic rings. The first kappa shape index (κ1) is 22.4. The third-order valence-corrected chi connectivity index (χ3v) is 3.96. The molecule has 0 aliphatic carbocycles. The van der Waals surface area contributed by atoms with E-state index in [1.807, 2.05) is 0 Å². The molecule has 0 radical (unpaired) electrons. The molecule has 1 fully saturated rings. The van der Waals surface area contributed by atoms with Gasteiger partial charge in [-0.15, -0.1) is 24.0 Å². The van der Waals surface area contributed by atoms with Crippen molar-refractivity contribution in [2.75, 3.05) is 46.9 Å². The smallest absolute Gasteiger partial charge is 0.239 e. The number of carbonyl (C=O) groups excluding carboxylic acids is 1. The highest BCUT2D eigenvalue weighted by atomic mass is 127. The van der Waals surface area contributed by atoms with Crippen LogP contribution in [0.5, 0.6) is 0 Å². The Morgan fingerprint density at radius 2 is 2.04 bits per heavy atom. The molecule has 8 heteroatoms. The molecule has 2 atom stereocenters. The summed E-state index contributed by atoms with van der Waals surface area (Å²) in [5, 5.41) is 9.24. The number of amides is 1. The molecule has 3 N–H and O–H groups in total. The van der Waals surface area contributed by atoms with Crippen LogP contribution in [0, 0.1) is 5.92 Å². The van der Waals surface area contributed by atoms with E-state index in [1.54, 1.807) is 14.2 Å². The van der Waals surface area contributed by atoms with Crippen molar-refractivity contribution in [3.05, 3.63) is 0 Å². The molecule has 1 amide bonds. The summed E-state index contributed by atoms with van der Waals surface area (Å²) in [6.45, 7) is 10.0. The summed E-state index contributed by atoms with van der Waals surface area (Å²) < 4.78 is 4.89. The fourth-order valence-electron chi connectivity index (χ4n) is 2.50. The van der Waals surface area contributed by atoms with Gasteiger partial charge in [0.1, 0.15) is 0 Å². The maximum absolute atomic E-state index is 11.7. The van der Waals surface area contributed by atoms with E-state index in [0.29, 0.717) is 37.1 Å². The first-order valence-electron chi connectivity index (χ1n) is 7.94. The number of halogens is 1. The molecule has 1 heterocycles. The molecular formula is C15H32IN5O2. The van der Waals surface area contributed by atoms with Gasteiger partial charge in [0.25, 0.3) is 0 Å². The zero-order valence-electron chi connectivity index (χ0n) is 14.9. The minimum Gasteiger partial charge on any atom is -0.383 e. The molecule has 136 valence electrons. The number of hydrogen-bond acceptors (Lipinski definition) is 4. The van der Waals surface area contributed by atoms with Crippen LogP contribution in [-0.4, -0.2) is 75.8 Å². The van der Waals surface area contributed by atoms with Gasteiger partial charge in [0.2, 0.25) is 5.91 Å². The van der Waals surface area contributed by atoms with Crippen molar-refractivity contribution < 1.29 is 9.53 Å². The SMILES string of the molecule is CN=C(NCC(=O)NCCOC)NC1CN(C(C)C)CC1C.I. The van der Waals surface area contributed by atoms with E-state index in [-0.39, 0.29) is 36.4 Å². The largest absolute Gasteiger partial charge is 0.383 e. The summed E-state index contributed by atoms with van der Waals surface area (Å²) in [6.07, 6.45) is 0. The Morgan fingerprint density at radius 1 is 1.35 bits per heavy atom. The summed E-state index contributed by atoms with van der Waals surface area (Å²) in [7, 11) is 3.33. The fraction of sp³-hybridized carbons (Fsp3) is 0.867. The van der Waals surface area contributed by atoms with Crippen LogP contribution in [-0.2, 0) is 9.53 Å².